The number of hydrogen-bond acceptors (Lipinski definition) is 6. The molecule has 0 aliphatic heterocycles. The predicted molar refractivity (Wildman–Crippen MR) is 80.1 cm³/mol. The van der Waals surface area contributed by atoms with Gasteiger partial charge in [-0.2, -0.15) is 0 Å². The molecule has 0 radical (unpaired) electrons. The number of fused-ring (bicyclic) bond motifs is 1. The zero-order valence-electron chi connectivity index (χ0n) is 11.1. The predicted octanol–water partition coefficient (Wildman–Crippen LogP) is 3.10. The highest BCUT2D eigenvalue weighted by atomic mass is 32.2. The van der Waals surface area contributed by atoms with Crippen molar-refractivity contribution >= 4 is 45.1 Å². The molecule has 0 spiro atoms. The first-order valence-corrected chi connectivity index (χ1v) is 7.63. The number of rotatable bonds is 5. The molecule has 1 unspecified atom stereocenters. The maximum Gasteiger partial charge on any atom is 0.319 e. The van der Waals surface area contributed by atoms with E-state index in [-0.39, 0.29) is 6.42 Å². The molecule has 0 amide bonds. The fourth-order valence-corrected chi connectivity index (χ4v) is 4.19. The van der Waals surface area contributed by atoms with Gasteiger partial charge in [0.15, 0.2) is 0 Å². The number of ether oxygens (including phenoxy) is 2. The van der Waals surface area contributed by atoms with E-state index in [1.807, 2.05) is 30.3 Å². The van der Waals surface area contributed by atoms with Crippen molar-refractivity contribution in [3.05, 3.63) is 30.3 Å². The molecule has 0 bridgehead atoms. The number of carbonyl (C=O) groups excluding carboxylic acids is 2. The van der Waals surface area contributed by atoms with Crippen LogP contribution in [-0.2, 0) is 19.1 Å². The first-order valence-electron chi connectivity index (χ1n) is 5.94. The maximum absolute atomic E-state index is 11.7. The topological polar surface area (TPSA) is 52.6 Å². The lowest BCUT2D eigenvalue weighted by atomic mass is 10.3. The van der Waals surface area contributed by atoms with Crippen LogP contribution in [0.2, 0.25) is 0 Å². The van der Waals surface area contributed by atoms with Crippen LogP contribution in [-0.4, -0.2) is 31.4 Å². The maximum atomic E-state index is 11.7. The van der Waals surface area contributed by atoms with Crippen LogP contribution in [0.3, 0.4) is 0 Å². The average molecular weight is 310 g/mol. The summed E-state index contributed by atoms with van der Waals surface area (Å²) in [6.45, 7) is 0. The lowest BCUT2D eigenvalue weighted by molar-refractivity contribution is -0.146. The average Bonchev–Trinajstić information content (AvgIpc) is 2.87. The van der Waals surface area contributed by atoms with Crippen LogP contribution in [0.15, 0.2) is 34.5 Å². The molecule has 1 atom stereocenters. The summed E-state index contributed by atoms with van der Waals surface area (Å²) in [5, 5.41) is 0.544. The lowest BCUT2D eigenvalue weighted by Gasteiger charge is -2.11. The minimum absolute atomic E-state index is 0.00207. The van der Waals surface area contributed by atoms with Crippen LogP contribution < -0.4 is 0 Å². The van der Waals surface area contributed by atoms with Crippen molar-refractivity contribution in [1.82, 2.24) is 0 Å². The molecule has 6 heteroatoms. The Balaban J connectivity index is 2.17. The van der Waals surface area contributed by atoms with Crippen molar-refractivity contribution in [3.63, 3.8) is 0 Å². The van der Waals surface area contributed by atoms with Gasteiger partial charge in [0.25, 0.3) is 0 Å². The largest absolute Gasteiger partial charge is 0.469 e. The van der Waals surface area contributed by atoms with Gasteiger partial charge in [-0.15, -0.1) is 11.3 Å². The summed E-state index contributed by atoms with van der Waals surface area (Å²) in [5.41, 5.74) is 0. The number of thioether (sulfide) groups is 1. The highest BCUT2D eigenvalue weighted by Gasteiger charge is 2.25. The summed E-state index contributed by atoms with van der Waals surface area (Å²) in [5.74, 6) is -0.841. The molecule has 106 valence electrons. The molecule has 20 heavy (non-hydrogen) atoms. The van der Waals surface area contributed by atoms with Crippen LogP contribution in [0.1, 0.15) is 6.42 Å². The quantitative estimate of drug-likeness (QED) is 0.627. The van der Waals surface area contributed by atoms with Crippen molar-refractivity contribution in [2.24, 2.45) is 0 Å². The van der Waals surface area contributed by atoms with Crippen molar-refractivity contribution in [1.29, 1.82) is 0 Å². The number of carbonyl (C=O) groups is 2. The van der Waals surface area contributed by atoms with E-state index < -0.39 is 17.2 Å². The van der Waals surface area contributed by atoms with Crippen molar-refractivity contribution in [3.8, 4) is 0 Å². The van der Waals surface area contributed by atoms with Gasteiger partial charge in [-0.1, -0.05) is 30.0 Å². The first kappa shape index (κ1) is 14.9. The van der Waals surface area contributed by atoms with Gasteiger partial charge in [0.2, 0.25) is 0 Å². The second kappa shape index (κ2) is 6.76. The van der Waals surface area contributed by atoms with Gasteiger partial charge in [0.1, 0.15) is 5.25 Å². The highest BCUT2D eigenvalue weighted by molar-refractivity contribution is 8.02. The molecule has 0 aliphatic rings. The fraction of sp³-hybridized carbons (Fsp3) is 0.286. The third kappa shape index (κ3) is 3.52. The van der Waals surface area contributed by atoms with Gasteiger partial charge >= 0.3 is 11.9 Å². The molecule has 0 fully saturated rings. The first-order chi connectivity index (χ1) is 9.63. The Morgan fingerprint density at radius 2 is 2.00 bits per heavy atom. The molecule has 0 N–H and O–H groups in total. The zero-order valence-corrected chi connectivity index (χ0v) is 12.8. The van der Waals surface area contributed by atoms with Gasteiger partial charge in [-0.05, 0) is 17.5 Å². The van der Waals surface area contributed by atoms with Crippen molar-refractivity contribution in [2.45, 2.75) is 15.9 Å². The normalized spacial score (nSPS) is 12.1. The molecule has 2 aromatic rings. The summed E-state index contributed by atoms with van der Waals surface area (Å²) in [6.07, 6.45) is 0.00207. The van der Waals surface area contributed by atoms with Gasteiger partial charge < -0.3 is 9.47 Å². The van der Waals surface area contributed by atoms with E-state index in [2.05, 4.69) is 4.74 Å². The Morgan fingerprint density at radius 1 is 1.25 bits per heavy atom. The molecule has 0 saturated carbocycles. The Morgan fingerprint density at radius 3 is 2.65 bits per heavy atom. The minimum atomic E-state index is -0.583. The summed E-state index contributed by atoms with van der Waals surface area (Å²) in [7, 11) is 2.62. The van der Waals surface area contributed by atoms with Gasteiger partial charge in [-0.25, -0.2) is 0 Å². The molecule has 0 saturated heterocycles. The van der Waals surface area contributed by atoms with E-state index in [9.17, 15) is 9.59 Å². The van der Waals surface area contributed by atoms with Crippen molar-refractivity contribution < 1.29 is 19.1 Å². The molecule has 2 rings (SSSR count). The van der Waals surface area contributed by atoms with E-state index in [0.29, 0.717) is 0 Å². The van der Waals surface area contributed by atoms with Crippen LogP contribution in [0.5, 0.6) is 0 Å². The zero-order chi connectivity index (χ0) is 14.5. The second-order valence-corrected chi connectivity index (χ2v) is 6.60. The van der Waals surface area contributed by atoms with Gasteiger partial charge in [-0.3, -0.25) is 9.59 Å². The van der Waals surface area contributed by atoms with Gasteiger partial charge in [0.05, 0.1) is 24.8 Å². The summed E-state index contributed by atoms with van der Waals surface area (Å²) < 4.78 is 11.5. The SMILES string of the molecule is COC(=O)CC(Sc1cc2ccccc2s1)C(=O)OC. The molecule has 0 aliphatic carbocycles. The molecular weight excluding hydrogens is 296 g/mol. The molecular formula is C14H14O4S2. The van der Waals surface area contributed by atoms with Crippen LogP contribution in [0.4, 0.5) is 0 Å². The van der Waals surface area contributed by atoms with Crippen LogP contribution in [0, 0.1) is 0 Å². The molecule has 1 aromatic carbocycles. The lowest BCUT2D eigenvalue weighted by Crippen LogP contribution is -2.22. The number of esters is 2. The Bertz CT molecular complexity index is 587. The monoisotopic (exact) mass is 310 g/mol. The molecule has 4 nitrogen and oxygen atoms in total. The number of thiophene rings is 1. The minimum Gasteiger partial charge on any atom is -0.469 e. The fourth-order valence-electron chi connectivity index (χ4n) is 1.70. The Labute approximate surface area is 125 Å². The third-order valence-corrected chi connectivity index (χ3v) is 5.15. The van der Waals surface area contributed by atoms with E-state index in [4.69, 9.17) is 4.74 Å². The van der Waals surface area contributed by atoms with E-state index >= 15 is 0 Å². The summed E-state index contributed by atoms with van der Waals surface area (Å²) in [4.78, 5) is 23.1. The van der Waals surface area contributed by atoms with Gasteiger partial charge in [0, 0.05) is 4.70 Å². The molecule has 1 heterocycles. The van der Waals surface area contributed by atoms with E-state index in [1.165, 1.54) is 26.0 Å². The van der Waals surface area contributed by atoms with E-state index in [1.54, 1.807) is 11.3 Å². The van der Waals surface area contributed by atoms with E-state index in [0.717, 1.165) is 14.3 Å². The summed E-state index contributed by atoms with van der Waals surface area (Å²) >= 11 is 2.93. The standard InChI is InChI=1S/C14H14O4S2/c1-17-12(15)8-11(14(16)18-2)20-13-7-9-5-3-4-6-10(9)19-13/h3-7,11H,8H2,1-2H3. The Hall–Kier alpha value is -1.53. The second-order valence-electron chi connectivity index (χ2n) is 4.01. The number of methoxy groups -OCH3 is 2. The van der Waals surface area contributed by atoms with Crippen LogP contribution >= 0.6 is 23.1 Å². The number of benzene rings is 1. The summed E-state index contributed by atoms with van der Waals surface area (Å²) in [6, 6.07) is 9.99. The Kier molecular flexibility index (Phi) is 5.03. The van der Waals surface area contributed by atoms with Crippen molar-refractivity contribution in [2.75, 3.05) is 14.2 Å². The highest BCUT2D eigenvalue weighted by Crippen LogP contribution is 2.36. The third-order valence-electron chi connectivity index (χ3n) is 2.71. The smallest absolute Gasteiger partial charge is 0.319 e. The molecule has 1 aromatic heterocycles. The number of hydrogen-bond donors (Lipinski definition) is 0. The van der Waals surface area contributed by atoms with Crippen LogP contribution in [0.25, 0.3) is 10.1 Å².